The van der Waals surface area contributed by atoms with Gasteiger partial charge in [-0.1, -0.05) is 23.7 Å². The predicted octanol–water partition coefficient (Wildman–Crippen LogP) is 4.28. The van der Waals surface area contributed by atoms with Crippen LogP contribution in [0, 0.1) is 11.6 Å². The molecule has 2 aromatic carbocycles. The quantitative estimate of drug-likeness (QED) is 0.901. The van der Waals surface area contributed by atoms with Gasteiger partial charge in [0.15, 0.2) is 0 Å². The van der Waals surface area contributed by atoms with Crippen LogP contribution < -0.4 is 5.32 Å². The Balaban J connectivity index is 2.02. The van der Waals surface area contributed by atoms with Crippen molar-refractivity contribution in [2.45, 2.75) is 6.54 Å². The lowest BCUT2D eigenvalue weighted by atomic mass is 10.2. The van der Waals surface area contributed by atoms with E-state index in [4.69, 9.17) is 11.6 Å². The number of halogens is 3. The van der Waals surface area contributed by atoms with E-state index in [1.165, 1.54) is 36.2 Å². The average molecular weight is 311 g/mol. The van der Waals surface area contributed by atoms with Gasteiger partial charge in [-0.05, 0) is 35.9 Å². The van der Waals surface area contributed by atoms with Gasteiger partial charge in [-0.15, -0.1) is 0 Å². The topological polar surface area (TPSA) is 32.3 Å². The standard InChI is InChI=1S/C15H13ClF2N2O/c1-20(9-10-3-2-4-12(17)7-10)15(21)19-14-6-5-11(16)8-13(14)18/h2-8H,9H2,1H3,(H,19,21). The predicted molar refractivity (Wildman–Crippen MR) is 78.3 cm³/mol. The third-order valence-corrected chi connectivity index (χ3v) is 3.06. The van der Waals surface area contributed by atoms with E-state index in [0.717, 1.165) is 6.07 Å². The number of benzene rings is 2. The first-order valence-corrected chi connectivity index (χ1v) is 6.55. The lowest BCUT2D eigenvalue weighted by Crippen LogP contribution is -2.31. The number of amides is 2. The molecule has 21 heavy (non-hydrogen) atoms. The maximum atomic E-state index is 13.6. The summed E-state index contributed by atoms with van der Waals surface area (Å²) in [5.41, 5.74) is 0.680. The van der Waals surface area contributed by atoms with E-state index in [9.17, 15) is 13.6 Å². The summed E-state index contributed by atoms with van der Waals surface area (Å²) in [4.78, 5) is 13.3. The van der Waals surface area contributed by atoms with E-state index in [2.05, 4.69) is 5.32 Å². The Bertz CT molecular complexity index is 664. The minimum atomic E-state index is -0.616. The van der Waals surface area contributed by atoms with Gasteiger partial charge in [-0.3, -0.25) is 0 Å². The first kappa shape index (κ1) is 15.3. The number of urea groups is 1. The Hall–Kier alpha value is -2.14. The molecule has 0 unspecified atom stereocenters. The molecule has 2 aromatic rings. The van der Waals surface area contributed by atoms with Gasteiger partial charge in [0, 0.05) is 18.6 Å². The van der Waals surface area contributed by atoms with E-state index < -0.39 is 11.8 Å². The Morgan fingerprint density at radius 3 is 2.67 bits per heavy atom. The molecule has 0 aliphatic heterocycles. The van der Waals surface area contributed by atoms with Crippen LogP contribution in [0.1, 0.15) is 5.56 Å². The first-order chi connectivity index (χ1) is 9.95. The minimum Gasteiger partial charge on any atom is -0.323 e. The number of carbonyl (C=O) groups is 1. The van der Waals surface area contributed by atoms with Crippen LogP contribution in [0.3, 0.4) is 0 Å². The summed E-state index contributed by atoms with van der Waals surface area (Å²) in [5, 5.41) is 2.68. The number of anilines is 1. The highest BCUT2D eigenvalue weighted by Crippen LogP contribution is 2.19. The number of nitrogens with zero attached hydrogens (tertiary/aromatic N) is 1. The fraction of sp³-hybridized carbons (Fsp3) is 0.133. The molecular weight excluding hydrogens is 298 g/mol. The van der Waals surface area contributed by atoms with Crippen LogP contribution >= 0.6 is 11.6 Å². The number of rotatable bonds is 3. The Kier molecular flexibility index (Phi) is 4.75. The lowest BCUT2D eigenvalue weighted by molar-refractivity contribution is 0.220. The molecule has 0 aromatic heterocycles. The van der Waals surface area contributed by atoms with Crippen molar-refractivity contribution in [1.29, 1.82) is 0 Å². The van der Waals surface area contributed by atoms with E-state index in [-0.39, 0.29) is 23.1 Å². The van der Waals surface area contributed by atoms with Crippen molar-refractivity contribution < 1.29 is 13.6 Å². The maximum Gasteiger partial charge on any atom is 0.321 e. The van der Waals surface area contributed by atoms with Crippen molar-refractivity contribution in [3.8, 4) is 0 Å². The van der Waals surface area contributed by atoms with Gasteiger partial charge in [0.05, 0.1) is 5.69 Å². The Morgan fingerprint density at radius 1 is 1.24 bits per heavy atom. The molecule has 0 fully saturated rings. The van der Waals surface area contributed by atoms with Gasteiger partial charge in [-0.25, -0.2) is 13.6 Å². The summed E-state index contributed by atoms with van der Waals surface area (Å²) in [7, 11) is 1.54. The molecule has 3 nitrogen and oxygen atoms in total. The van der Waals surface area contributed by atoms with Crippen molar-refractivity contribution >= 4 is 23.3 Å². The molecule has 0 radical (unpaired) electrons. The van der Waals surface area contributed by atoms with Crippen LogP contribution in [0.2, 0.25) is 5.02 Å². The van der Waals surface area contributed by atoms with Crippen molar-refractivity contribution in [2.75, 3.05) is 12.4 Å². The van der Waals surface area contributed by atoms with E-state index >= 15 is 0 Å². The van der Waals surface area contributed by atoms with Crippen LogP contribution in [0.15, 0.2) is 42.5 Å². The van der Waals surface area contributed by atoms with Crippen LogP contribution in [0.25, 0.3) is 0 Å². The van der Waals surface area contributed by atoms with Crippen molar-refractivity contribution in [1.82, 2.24) is 4.90 Å². The number of nitrogens with one attached hydrogen (secondary N) is 1. The monoisotopic (exact) mass is 310 g/mol. The third-order valence-electron chi connectivity index (χ3n) is 2.83. The summed E-state index contributed by atoms with van der Waals surface area (Å²) >= 11 is 5.64. The van der Waals surface area contributed by atoms with Gasteiger partial charge < -0.3 is 10.2 Å². The molecular formula is C15H13ClF2N2O. The molecule has 2 rings (SSSR count). The second kappa shape index (κ2) is 6.54. The van der Waals surface area contributed by atoms with Crippen LogP contribution in [-0.2, 0) is 6.54 Å². The van der Waals surface area contributed by atoms with Gasteiger partial charge in [-0.2, -0.15) is 0 Å². The zero-order valence-corrected chi connectivity index (χ0v) is 12.0. The average Bonchev–Trinajstić information content (AvgIpc) is 2.41. The van der Waals surface area contributed by atoms with E-state index in [1.807, 2.05) is 0 Å². The number of carbonyl (C=O) groups excluding carboxylic acids is 1. The van der Waals surface area contributed by atoms with E-state index in [0.29, 0.717) is 5.56 Å². The highest BCUT2D eigenvalue weighted by molar-refractivity contribution is 6.30. The molecule has 6 heteroatoms. The largest absolute Gasteiger partial charge is 0.323 e. The van der Waals surface area contributed by atoms with Crippen molar-refractivity contribution in [3.05, 3.63) is 64.7 Å². The molecule has 2 amide bonds. The summed E-state index contributed by atoms with van der Waals surface area (Å²) in [6.45, 7) is 0.207. The van der Waals surface area contributed by atoms with Crippen LogP contribution in [-0.4, -0.2) is 18.0 Å². The summed E-state index contributed by atoms with van der Waals surface area (Å²) in [6, 6.07) is 9.41. The molecule has 0 aliphatic carbocycles. The first-order valence-electron chi connectivity index (χ1n) is 6.17. The lowest BCUT2D eigenvalue weighted by Gasteiger charge is -2.18. The smallest absolute Gasteiger partial charge is 0.321 e. The van der Waals surface area contributed by atoms with Crippen molar-refractivity contribution in [3.63, 3.8) is 0 Å². The molecule has 0 spiro atoms. The number of hydrogen-bond acceptors (Lipinski definition) is 1. The number of hydrogen-bond donors (Lipinski definition) is 1. The van der Waals surface area contributed by atoms with Crippen molar-refractivity contribution in [2.24, 2.45) is 0 Å². The molecule has 0 saturated carbocycles. The van der Waals surface area contributed by atoms with Gasteiger partial charge in [0.25, 0.3) is 0 Å². The molecule has 0 atom stereocenters. The molecule has 0 saturated heterocycles. The third kappa shape index (κ3) is 4.16. The second-order valence-electron chi connectivity index (χ2n) is 4.54. The molecule has 0 heterocycles. The van der Waals surface area contributed by atoms with Gasteiger partial charge >= 0.3 is 6.03 Å². The molecule has 0 bridgehead atoms. The maximum absolute atomic E-state index is 13.6. The van der Waals surface area contributed by atoms with Crippen LogP contribution in [0.4, 0.5) is 19.3 Å². The van der Waals surface area contributed by atoms with Gasteiger partial charge in [0.1, 0.15) is 11.6 Å². The fourth-order valence-corrected chi connectivity index (χ4v) is 1.94. The Morgan fingerprint density at radius 2 is 2.00 bits per heavy atom. The zero-order chi connectivity index (χ0) is 15.4. The van der Waals surface area contributed by atoms with Gasteiger partial charge in [0.2, 0.25) is 0 Å². The zero-order valence-electron chi connectivity index (χ0n) is 11.2. The Labute approximate surface area is 126 Å². The summed E-state index contributed by atoms with van der Waals surface area (Å²) in [6.07, 6.45) is 0. The van der Waals surface area contributed by atoms with Crippen LogP contribution in [0.5, 0.6) is 0 Å². The normalized spacial score (nSPS) is 10.3. The second-order valence-corrected chi connectivity index (χ2v) is 4.98. The highest BCUT2D eigenvalue weighted by atomic mass is 35.5. The molecule has 110 valence electrons. The SMILES string of the molecule is CN(Cc1cccc(F)c1)C(=O)Nc1ccc(Cl)cc1F. The highest BCUT2D eigenvalue weighted by Gasteiger charge is 2.12. The minimum absolute atomic E-state index is 0.0375. The van der Waals surface area contributed by atoms with E-state index in [1.54, 1.807) is 12.1 Å². The molecule has 0 aliphatic rings. The fourth-order valence-electron chi connectivity index (χ4n) is 1.78. The summed E-state index contributed by atoms with van der Waals surface area (Å²) in [5.74, 6) is -0.986. The summed E-state index contributed by atoms with van der Waals surface area (Å²) < 4.78 is 26.7. The molecule has 1 N–H and O–H groups in total.